The first-order chi connectivity index (χ1) is 9.13. The summed E-state index contributed by atoms with van der Waals surface area (Å²) >= 11 is 0. The third-order valence-electron chi connectivity index (χ3n) is 3.77. The number of halogens is 2. The van der Waals surface area contributed by atoms with Crippen LogP contribution in [0.4, 0.5) is 8.78 Å². The number of carbonyl (C=O) groups is 1. The SMILES string of the molecule is O=C(NCC1CCCC1CO)c1c(F)cccc1F. The van der Waals surface area contributed by atoms with E-state index in [2.05, 4.69) is 5.32 Å². The predicted octanol–water partition coefficient (Wildman–Crippen LogP) is 2.10. The van der Waals surface area contributed by atoms with E-state index in [9.17, 15) is 18.7 Å². The summed E-state index contributed by atoms with van der Waals surface area (Å²) in [4.78, 5) is 11.8. The molecule has 0 heterocycles. The van der Waals surface area contributed by atoms with E-state index < -0.39 is 23.1 Å². The molecule has 1 aromatic rings. The van der Waals surface area contributed by atoms with E-state index >= 15 is 0 Å². The zero-order chi connectivity index (χ0) is 13.8. The van der Waals surface area contributed by atoms with E-state index in [1.807, 2.05) is 0 Å². The first-order valence-corrected chi connectivity index (χ1v) is 6.46. The smallest absolute Gasteiger partial charge is 0.257 e. The lowest BCUT2D eigenvalue weighted by Gasteiger charge is -2.18. The quantitative estimate of drug-likeness (QED) is 0.879. The minimum absolute atomic E-state index is 0.0919. The van der Waals surface area contributed by atoms with Crippen molar-refractivity contribution in [3.05, 3.63) is 35.4 Å². The lowest BCUT2D eigenvalue weighted by molar-refractivity contribution is 0.0929. The Balaban J connectivity index is 1.98. The Bertz CT molecular complexity index is 445. The molecule has 1 aromatic carbocycles. The van der Waals surface area contributed by atoms with Crippen LogP contribution in [-0.2, 0) is 0 Å². The van der Waals surface area contributed by atoms with Crippen LogP contribution in [0.3, 0.4) is 0 Å². The minimum atomic E-state index is -0.859. The van der Waals surface area contributed by atoms with Crippen LogP contribution in [-0.4, -0.2) is 24.2 Å². The van der Waals surface area contributed by atoms with Crippen LogP contribution >= 0.6 is 0 Å². The van der Waals surface area contributed by atoms with Crippen molar-refractivity contribution in [3.8, 4) is 0 Å². The highest BCUT2D eigenvalue weighted by Crippen LogP contribution is 2.30. The number of aliphatic hydroxyl groups is 1. The molecule has 1 aliphatic carbocycles. The molecule has 2 unspecified atom stereocenters. The number of hydrogen-bond donors (Lipinski definition) is 2. The van der Waals surface area contributed by atoms with Crippen molar-refractivity contribution in [2.45, 2.75) is 19.3 Å². The number of amides is 1. The molecule has 1 aliphatic rings. The Hall–Kier alpha value is -1.49. The molecular formula is C14H17F2NO2. The molecule has 0 saturated heterocycles. The van der Waals surface area contributed by atoms with Crippen molar-refractivity contribution < 1.29 is 18.7 Å². The topological polar surface area (TPSA) is 49.3 Å². The third-order valence-corrected chi connectivity index (χ3v) is 3.77. The number of rotatable bonds is 4. The van der Waals surface area contributed by atoms with Gasteiger partial charge in [0.05, 0.1) is 0 Å². The molecule has 104 valence electrons. The van der Waals surface area contributed by atoms with Crippen LogP contribution in [0, 0.1) is 23.5 Å². The zero-order valence-electron chi connectivity index (χ0n) is 10.5. The minimum Gasteiger partial charge on any atom is -0.396 e. The Kier molecular flexibility index (Phi) is 4.47. The fourth-order valence-corrected chi connectivity index (χ4v) is 2.65. The summed E-state index contributed by atoms with van der Waals surface area (Å²) in [5, 5.41) is 11.7. The second-order valence-corrected chi connectivity index (χ2v) is 4.94. The second kappa shape index (κ2) is 6.10. The maximum Gasteiger partial charge on any atom is 0.257 e. The van der Waals surface area contributed by atoms with Crippen molar-refractivity contribution in [2.24, 2.45) is 11.8 Å². The van der Waals surface area contributed by atoms with Gasteiger partial charge in [0, 0.05) is 13.2 Å². The normalized spacial score (nSPS) is 22.5. The Labute approximate surface area is 110 Å². The van der Waals surface area contributed by atoms with Crippen LogP contribution in [0.1, 0.15) is 29.6 Å². The summed E-state index contributed by atoms with van der Waals surface area (Å²) in [6.45, 7) is 0.437. The van der Waals surface area contributed by atoms with Crippen molar-refractivity contribution in [2.75, 3.05) is 13.2 Å². The highest BCUT2D eigenvalue weighted by atomic mass is 19.1. The van der Waals surface area contributed by atoms with Gasteiger partial charge >= 0.3 is 0 Å². The molecule has 0 aromatic heterocycles. The summed E-state index contributed by atoms with van der Waals surface area (Å²) < 4.78 is 26.8. The van der Waals surface area contributed by atoms with Gasteiger partial charge in [-0.2, -0.15) is 0 Å². The molecule has 0 radical (unpaired) electrons. The molecule has 0 spiro atoms. The molecule has 5 heteroatoms. The maximum atomic E-state index is 13.4. The van der Waals surface area contributed by atoms with Gasteiger partial charge in [-0.25, -0.2) is 8.78 Å². The van der Waals surface area contributed by atoms with E-state index in [4.69, 9.17) is 0 Å². The first-order valence-electron chi connectivity index (χ1n) is 6.46. The van der Waals surface area contributed by atoms with E-state index in [1.165, 1.54) is 6.07 Å². The number of benzene rings is 1. The van der Waals surface area contributed by atoms with E-state index in [0.717, 1.165) is 31.4 Å². The predicted molar refractivity (Wildman–Crippen MR) is 66.6 cm³/mol. The Morgan fingerprint density at radius 3 is 2.53 bits per heavy atom. The molecule has 2 atom stereocenters. The second-order valence-electron chi connectivity index (χ2n) is 4.94. The van der Waals surface area contributed by atoms with Crippen LogP contribution in [0.25, 0.3) is 0 Å². The van der Waals surface area contributed by atoms with Crippen molar-refractivity contribution in [1.82, 2.24) is 5.32 Å². The van der Waals surface area contributed by atoms with E-state index in [0.29, 0.717) is 6.54 Å². The fourth-order valence-electron chi connectivity index (χ4n) is 2.65. The van der Waals surface area contributed by atoms with E-state index in [-0.39, 0.29) is 18.4 Å². The summed E-state index contributed by atoms with van der Waals surface area (Å²) in [5.41, 5.74) is -0.541. The van der Waals surface area contributed by atoms with Gasteiger partial charge in [-0.05, 0) is 36.8 Å². The molecule has 0 bridgehead atoms. The molecule has 1 saturated carbocycles. The number of nitrogens with one attached hydrogen (secondary N) is 1. The number of aliphatic hydroxyl groups excluding tert-OH is 1. The molecule has 2 rings (SSSR count). The van der Waals surface area contributed by atoms with Crippen molar-refractivity contribution >= 4 is 5.91 Å². The molecule has 0 aliphatic heterocycles. The van der Waals surface area contributed by atoms with Crippen molar-refractivity contribution in [3.63, 3.8) is 0 Å². The third kappa shape index (κ3) is 3.10. The molecule has 3 nitrogen and oxygen atoms in total. The van der Waals surface area contributed by atoms with Gasteiger partial charge in [0.1, 0.15) is 17.2 Å². The standard InChI is InChI=1S/C14H17F2NO2/c15-11-5-2-6-12(16)13(11)14(19)17-7-9-3-1-4-10(9)8-18/h2,5-6,9-10,18H,1,3-4,7-8H2,(H,17,19). The molecule has 1 fully saturated rings. The van der Waals surface area contributed by atoms with Gasteiger partial charge in [-0.3, -0.25) is 4.79 Å². The van der Waals surface area contributed by atoms with Gasteiger partial charge in [-0.1, -0.05) is 12.5 Å². The lowest BCUT2D eigenvalue weighted by atomic mass is 9.97. The average Bonchev–Trinajstić information content (AvgIpc) is 2.83. The molecule has 19 heavy (non-hydrogen) atoms. The van der Waals surface area contributed by atoms with Crippen LogP contribution < -0.4 is 5.32 Å². The molecular weight excluding hydrogens is 252 g/mol. The maximum absolute atomic E-state index is 13.4. The lowest BCUT2D eigenvalue weighted by Crippen LogP contribution is -2.32. The Morgan fingerprint density at radius 1 is 1.26 bits per heavy atom. The summed E-state index contributed by atoms with van der Waals surface area (Å²) in [7, 11) is 0. The monoisotopic (exact) mass is 269 g/mol. The van der Waals surface area contributed by atoms with Gasteiger partial charge in [0.2, 0.25) is 0 Å². The molecule has 2 N–H and O–H groups in total. The molecule has 1 amide bonds. The van der Waals surface area contributed by atoms with Gasteiger partial charge in [-0.15, -0.1) is 0 Å². The van der Waals surface area contributed by atoms with Crippen LogP contribution in [0.2, 0.25) is 0 Å². The zero-order valence-corrected chi connectivity index (χ0v) is 10.5. The first kappa shape index (κ1) is 13.9. The Morgan fingerprint density at radius 2 is 1.89 bits per heavy atom. The summed E-state index contributed by atoms with van der Waals surface area (Å²) in [5.74, 6) is -2.10. The van der Waals surface area contributed by atoms with Crippen LogP contribution in [0.5, 0.6) is 0 Å². The van der Waals surface area contributed by atoms with E-state index in [1.54, 1.807) is 0 Å². The summed E-state index contributed by atoms with van der Waals surface area (Å²) in [6.07, 6.45) is 2.87. The highest BCUT2D eigenvalue weighted by molar-refractivity contribution is 5.94. The van der Waals surface area contributed by atoms with Gasteiger partial charge in [0.25, 0.3) is 5.91 Å². The highest BCUT2D eigenvalue weighted by Gasteiger charge is 2.27. The van der Waals surface area contributed by atoms with Gasteiger partial charge in [0.15, 0.2) is 0 Å². The van der Waals surface area contributed by atoms with Crippen LogP contribution in [0.15, 0.2) is 18.2 Å². The number of carbonyl (C=O) groups excluding carboxylic acids is 1. The largest absolute Gasteiger partial charge is 0.396 e. The van der Waals surface area contributed by atoms with Crippen molar-refractivity contribution in [1.29, 1.82) is 0 Å². The summed E-state index contributed by atoms with van der Waals surface area (Å²) in [6, 6.07) is 3.34. The number of hydrogen-bond acceptors (Lipinski definition) is 2. The van der Waals surface area contributed by atoms with Gasteiger partial charge < -0.3 is 10.4 Å². The average molecular weight is 269 g/mol. The fraction of sp³-hybridized carbons (Fsp3) is 0.500.